The molecule has 0 aromatic heterocycles. The van der Waals surface area contributed by atoms with Crippen molar-refractivity contribution < 1.29 is 43.5 Å². The summed E-state index contributed by atoms with van der Waals surface area (Å²) in [6, 6.07) is 0. The van der Waals surface area contributed by atoms with Crippen LogP contribution in [0.15, 0.2) is 47.6 Å². The van der Waals surface area contributed by atoms with Gasteiger partial charge in [0, 0.05) is 24.0 Å². The SMILES string of the molecule is CC1=CC2OC3CC4OC(=O)C=CC=CC5(C(C)O)OCCC(=CC(=O)OCC2(CC1)[C@]4(C)C31CO1)C5O. The molecule has 4 fully saturated rings. The lowest BCUT2D eigenvalue weighted by atomic mass is 9.51. The number of aliphatic hydroxyl groups is 2. The van der Waals surface area contributed by atoms with Crippen LogP contribution in [0.5, 0.6) is 0 Å². The minimum Gasteiger partial charge on any atom is -0.462 e. The number of epoxide rings is 1. The molecule has 6 aliphatic rings. The first-order valence-corrected chi connectivity index (χ1v) is 13.5. The molecule has 2 N–H and O–H groups in total. The molecular weight excluding hydrogens is 492 g/mol. The van der Waals surface area contributed by atoms with E-state index in [2.05, 4.69) is 19.9 Å². The van der Waals surface area contributed by atoms with Gasteiger partial charge in [0.1, 0.15) is 30.0 Å². The van der Waals surface area contributed by atoms with Crippen LogP contribution in [-0.2, 0) is 33.3 Å². The van der Waals surface area contributed by atoms with Gasteiger partial charge in [-0.25, -0.2) is 9.59 Å². The van der Waals surface area contributed by atoms with Gasteiger partial charge >= 0.3 is 11.9 Å². The summed E-state index contributed by atoms with van der Waals surface area (Å²) in [5, 5.41) is 21.7. The predicted molar refractivity (Wildman–Crippen MR) is 134 cm³/mol. The van der Waals surface area contributed by atoms with Crippen molar-refractivity contribution in [3.05, 3.63) is 47.6 Å². The summed E-state index contributed by atoms with van der Waals surface area (Å²) in [7, 11) is 0. The van der Waals surface area contributed by atoms with E-state index in [1.54, 1.807) is 6.08 Å². The molecule has 0 amide bonds. The minimum absolute atomic E-state index is 0.0519. The number of fused-ring (bicyclic) bond motifs is 2. The van der Waals surface area contributed by atoms with Crippen molar-refractivity contribution in [3.8, 4) is 0 Å². The van der Waals surface area contributed by atoms with Gasteiger partial charge in [0.2, 0.25) is 0 Å². The highest BCUT2D eigenvalue weighted by molar-refractivity contribution is 5.83. The highest BCUT2D eigenvalue weighted by Crippen LogP contribution is 2.72. The van der Waals surface area contributed by atoms with Gasteiger partial charge in [-0.05, 0) is 44.8 Å². The van der Waals surface area contributed by atoms with Crippen LogP contribution in [0.25, 0.3) is 0 Å². The molecule has 0 aromatic carbocycles. The Bertz CT molecular complexity index is 1150. The molecule has 8 unspecified atom stereocenters. The first-order valence-electron chi connectivity index (χ1n) is 13.5. The molecule has 0 radical (unpaired) electrons. The number of hydrogen-bond acceptors (Lipinski definition) is 9. The number of carbonyl (C=O) groups is 2. The normalized spacial score (nSPS) is 47.0. The summed E-state index contributed by atoms with van der Waals surface area (Å²) < 4.78 is 30.6. The first-order chi connectivity index (χ1) is 18.1. The summed E-state index contributed by atoms with van der Waals surface area (Å²) >= 11 is 0. The van der Waals surface area contributed by atoms with Crippen LogP contribution >= 0.6 is 0 Å². The quantitative estimate of drug-likeness (QED) is 0.299. The molecule has 2 aliphatic carbocycles. The number of aliphatic hydroxyl groups excluding tert-OH is 2. The lowest BCUT2D eigenvalue weighted by Gasteiger charge is -2.58. The van der Waals surface area contributed by atoms with Gasteiger partial charge in [0.25, 0.3) is 0 Å². The van der Waals surface area contributed by atoms with E-state index in [0.29, 0.717) is 31.4 Å². The molecule has 9 nitrogen and oxygen atoms in total. The molecule has 38 heavy (non-hydrogen) atoms. The summed E-state index contributed by atoms with van der Waals surface area (Å²) in [5.41, 5.74) is -1.76. The average Bonchev–Trinajstić information content (AvgIpc) is 3.65. The summed E-state index contributed by atoms with van der Waals surface area (Å²) in [4.78, 5) is 26.2. The van der Waals surface area contributed by atoms with Gasteiger partial charge in [0.15, 0.2) is 0 Å². The van der Waals surface area contributed by atoms with E-state index in [9.17, 15) is 19.8 Å². The van der Waals surface area contributed by atoms with Crippen molar-refractivity contribution in [1.82, 2.24) is 0 Å². The van der Waals surface area contributed by atoms with Gasteiger partial charge in [-0.1, -0.05) is 30.7 Å². The van der Waals surface area contributed by atoms with Crippen LogP contribution in [0.3, 0.4) is 0 Å². The second kappa shape index (κ2) is 8.86. The van der Waals surface area contributed by atoms with E-state index in [1.165, 1.54) is 36.8 Å². The zero-order valence-electron chi connectivity index (χ0n) is 22.1. The Morgan fingerprint density at radius 3 is 2.61 bits per heavy atom. The summed E-state index contributed by atoms with van der Waals surface area (Å²) in [5.74, 6) is -1.10. The Morgan fingerprint density at radius 1 is 1.08 bits per heavy atom. The maximum absolute atomic E-state index is 13.2. The van der Waals surface area contributed by atoms with Crippen LogP contribution < -0.4 is 0 Å². The Hall–Kier alpha value is -2.30. The van der Waals surface area contributed by atoms with E-state index in [0.717, 1.165) is 6.42 Å². The van der Waals surface area contributed by atoms with Gasteiger partial charge in [-0.15, -0.1) is 0 Å². The average molecular weight is 529 g/mol. The zero-order chi connectivity index (χ0) is 26.9. The Labute approximate surface area is 222 Å². The number of ether oxygens (including phenoxy) is 5. The third-order valence-corrected chi connectivity index (χ3v) is 10.1. The molecule has 1 saturated carbocycles. The van der Waals surface area contributed by atoms with Crippen LogP contribution in [0.2, 0.25) is 0 Å². The number of carbonyl (C=O) groups excluding carboxylic acids is 2. The Balaban J connectivity index is 1.44. The van der Waals surface area contributed by atoms with Gasteiger partial charge in [-0.3, -0.25) is 0 Å². The van der Waals surface area contributed by atoms with Crippen molar-refractivity contribution in [1.29, 1.82) is 0 Å². The van der Waals surface area contributed by atoms with Gasteiger partial charge in [-0.2, -0.15) is 0 Å². The molecule has 0 aromatic rings. The van der Waals surface area contributed by atoms with Crippen molar-refractivity contribution >= 4 is 11.9 Å². The molecular formula is C29H36O9. The maximum atomic E-state index is 13.2. The van der Waals surface area contributed by atoms with Crippen LogP contribution in [0.1, 0.15) is 46.5 Å². The second-order valence-corrected chi connectivity index (χ2v) is 11.8. The standard InChI is InChI=1S/C29H36O9/c1-17-7-10-27-15-34-24(32)13-19-8-11-35-28(18(2)30,25(19)33)9-5-4-6-23(31)38-20-14-22(37-21(27)12-17)29(16-36-29)26(20,27)3/h4-6,9,12-13,18,20-22,25,30,33H,7-8,10-11,14-16H2,1-3H3/t18?,20?,21?,22?,25?,26-,27?,28?,29?/m1/s1. The molecule has 4 bridgehead atoms. The van der Waals surface area contributed by atoms with Crippen LogP contribution in [-0.4, -0.2) is 83.7 Å². The third kappa shape index (κ3) is 3.48. The van der Waals surface area contributed by atoms with E-state index in [4.69, 9.17) is 23.7 Å². The van der Waals surface area contributed by atoms with E-state index >= 15 is 0 Å². The van der Waals surface area contributed by atoms with E-state index < -0.39 is 52.3 Å². The number of cyclic esters (lactones) is 1. The highest BCUT2D eigenvalue weighted by Gasteiger charge is 2.83. The number of esters is 2. The van der Waals surface area contributed by atoms with Crippen molar-refractivity contribution in [2.24, 2.45) is 10.8 Å². The van der Waals surface area contributed by atoms with Crippen molar-refractivity contribution in [2.45, 2.75) is 88.2 Å². The number of hydrogen-bond donors (Lipinski definition) is 2. The van der Waals surface area contributed by atoms with Gasteiger partial charge in [0.05, 0.1) is 36.9 Å². The van der Waals surface area contributed by atoms with Crippen LogP contribution in [0, 0.1) is 10.8 Å². The van der Waals surface area contributed by atoms with Crippen LogP contribution in [0.4, 0.5) is 0 Å². The summed E-state index contributed by atoms with van der Waals surface area (Å²) in [6.45, 7) is 6.43. The molecule has 9 atom stereocenters. The van der Waals surface area contributed by atoms with Crippen molar-refractivity contribution in [3.63, 3.8) is 0 Å². The van der Waals surface area contributed by atoms with Gasteiger partial charge < -0.3 is 33.9 Å². The summed E-state index contributed by atoms with van der Waals surface area (Å²) in [6.07, 6.45) is 8.21. The molecule has 6 rings (SSSR count). The minimum atomic E-state index is -1.47. The smallest absolute Gasteiger partial charge is 0.331 e. The topological polar surface area (TPSA) is 124 Å². The zero-order valence-corrected chi connectivity index (χ0v) is 22.1. The van der Waals surface area contributed by atoms with E-state index in [-0.39, 0.29) is 25.4 Å². The fourth-order valence-corrected chi connectivity index (χ4v) is 7.68. The molecule has 3 saturated heterocycles. The first kappa shape index (κ1) is 26.0. The highest BCUT2D eigenvalue weighted by atomic mass is 16.6. The number of allylic oxidation sites excluding steroid dienone is 3. The molecule has 2 spiro atoms. The molecule has 4 aliphatic heterocycles. The molecule has 206 valence electrons. The molecule has 9 heteroatoms. The largest absolute Gasteiger partial charge is 0.462 e. The van der Waals surface area contributed by atoms with E-state index in [1.807, 2.05) is 0 Å². The monoisotopic (exact) mass is 528 g/mol. The maximum Gasteiger partial charge on any atom is 0.331 e. The lowest BCUT2D eigenvalue weighted by Crippen LogP contribution is -2.66. The second-order valence-electron chi connectivity index (χ2n) is 11.8. The van der Waals surface area contributed by atoms with Crippen molar-refractivity contribution in [2.75, 3.05) is 19.8 Å². The fourth-order valence-electron chi connectivity index (χ4n) is 7.68. The lowest BCUT2D eigenvalue weighted by molar-refractivity contribution is -0.232. The molecule has 4 heterocycles. The Kier molecular flexibility index (Phi) is 6.05. The third-order valence-electron chi connectivity index (χ3n) is 10.1. The number of rotatable bonds is 1. The Morgan fingerprint density at radius 2 is 1.87 bits per heavy atom. The fraction of sp³-hybridized carbons (Fsp3) is 0.655. The predicted octanol–water partition coefficient (Wildman–Crippen LogP) is 2.07.